The Labute approximate surface area is 188 Å². The third kappa shape index (κ3) is 4.28. The van der Waals surface area contributed by atoms with Crippen molar-refractivity contribution < 1.29 is 22.7 Å². The molecule has 3 aromatic rings. The zero-order valence-electron chi connectivity index (χ0n) is 18.2. The minimum Gasteiger partial charge on any atom is -0.493 e. The van der Waals surface area contributed by atoms with E-state index in [2.05, 4.69) is 0 Å². The number of methoxy groups -OCH3 is 1. The number of carbonyl (C=O) groups excluding carboxylic acids is 1. The van der Waals surface area contributed by atoms with E-state index in [0.717, 1.165) is 10.8 Å². The molecule has 1 fully saturated rings. The van der Waals surface area contributed by atoms with Crippen LogP contribution in [-0.4, -0.2) is 63.4 Å². The Kier molecular flexibility index (Phi) is 6.34. The maximum absolute atomic E-state index is 13.2. The number of amides is 1. The first kappa shape index (κ1) is 22.1. The van der Waals surface area contributed by atoms with E-state index in [1.54, 1.807) is 42.3 Å². The molecule has 1 aliphatic heterocycles. The molecule has 0 N–H and O–H groups in total. The summed E-state index contributed by atoms with van der Waals surface area (Å²) in [6, 6.07) is 17.9. The van der Waals surface area contributed by atoms with Gasteiger partial charge in [-0.1, -0.05) is 30.3 Å². The summed E-state index contributed by atoms with van der Waals surface area (Å²) < 4.78 is 38.6. The number of benzene rings is 3. The van der Waals surface area contributed by atoms with Crippen molar-refractivity contribution in [2.45, 2.75) is 11.8 Å². The van der Waals surface area contributed by atoms with Crippen molar-refractivity contribution in [3.8, 4) is 11.5 Å². The monoisotopic (exact) mass is 454 g/mol. The summed E-state index contributed by atoms with van der Waals surface area (Å²) >= 11 is 0. The summed E-state index contributed by atoms with van der Waals surface area (Å²) in [5.74, 6) is 0.921. The molecule has 0 radical (unpaired) electrons. The van der Waals surface area contributed by atoms with Crippen LogP contribution in [0.4, 0.5) is 0 Å². The van der Waals surface area contributed by atoms with Gasteiger partial charge in [0, 0.05) is 31.7 Å². The van der Waals surface area contributed by atoms with Crippen LogP contribution in [0.3, 0.4) is 0 Å². The van der Waals surface area contributed by atoms with E-state index >= 15 is 0 Å². The Balaban J connectivity index is 1.47. The number of rotatable bonds is 6. The van der Waals surface area contributed by atoms with Crippen molar-refractivity contribution >= 4 is 26.7 Å². The SMILES string of the molecule is CCOc1cc(C(=O)N2CCN(S(=O)(=O)c3ccc4ccccc4c3)CC2)ccc1OC. The average molecular weight is 455 g/mol. The fourth-order valence-electron chi connectivity index (χ4n) is 3.87. The van der Waals surface area contributed by atoms with Crippen molar-refractivity contribution in [1.82, 2.24) is 9.21 Å². The molecule has 0 bridgehead atoms. The summed E-state index contributed by atoms with van der Waals surface area (Å²) in [6.45, 7) is 3.45. The van der Waals surface area contributed by atoms with Gasteiger partial charge in [-0.2, -0.15) is 4.31 Å². The molecule has 0 unspecified atom stereocenters. The smallest absolute Gasteiger partial charge is 0.254 e. The van der Waals surface area contributed by atoms with E-state index in [1.807, 2.05) is 37.3 Å². The van der Waals surface area contributed by atoms with Gasteiger partial charge in [0.2, 0.25) is 10.0 Å². The lowest BCUT2D eigenvalue weighted by molar-refractivity contribution is 0.0697. The summed E-state index contributed by atoms with van der Waals surface area (Å²) in [6.07, 6.45) is 0. The van der Waals surface area contributed by atoms with Gasteiger partial charge < -0.3 is 14.4 Å². The van der Waals surface area contributed by atoms with Crippen LogP contribution < -0.4 is 9.47 Å². The lowest BCUT2D eigenvalue weighted by atomic mass is 10.1. The molecule has 1 aliphatic rings. The van der Waals surface area contributed by atoms with Crippen LogP contribution in [-0.2, 0) is 10.0 Å². The van der Waals surface area contributed by atoms with E-state index in [1.165, 1.54) is 4.31 Å². The highest BCUT2D eigenvalue weighted by molar-refractivity contribution is 7.89. The number of sulfonamides is 1. The largest absolute Gasteiger partial charge is 0.493 e. The first-order chi connectivity index (χ1) is 15.4. The number of nitrogens with zero attached hydrogens (tertiary/aromatic N) is 2. The molecule has 0 aliphatic carbocycles. The zero-order chi connectivity index (χ0) is 22.7. The molecule has 4 rings (SSSR count). The summed E-state index contributed by atoms with van der Waals surface area (Å²) in [7, 11) is -2.08. The lowest BCUT2D eigenvalue weighted by Crippen LogP contribution is -2.50. The van der Waals surface area contributed by atoms with E-state index < -0.39 is 10.0 Å². The van der Waals surface area contributed by atoms with Crippen molar-refractivity contribution in [2.75, 3.05) is 39.9 Å². The standard InChI is InChI=1S/C24H26N2O5S/c1-3-31-23-17-20(9-11-22(23)30-2)24(27)25-12-14-26(15-13-25)32(28,29)21-10-8-18-6-4-5-7-19(18)16-21/h4-11,16-17H,3,12-15H2,1-2H3. The van der Waals surface area contributed by atoms with Gasteiger partial charge >= 0.3 is 0 Å². The maximum Gasteiger partial charge on any atom is 0.254 e. The minimum absolute atomic E-state index is 0.156. The zero-order valence-corrected chi connectivity index (χ0v) is 19.0. The summed E-state index contributed by atoms with van der Waals surface area (Å²) in [5.41, 5.74) is 0.486. The predicted octanol–water partition coefficient (Wildman–Crippen LogP) is 3.39. The van der Waals surface area contributed by atoms with E-state index in [4.69, 9.17) is 9.47 Å². The average Bonchev–Trinajstić information content (AvgIpc) is 2.83. The van der Waals surface area contributed by atoms with Crippen LogP contribution in [0.1, 0.15) is 17.3 Å². The number of ether oxygens (including phenoxy) is 2. The van der Waals surface area contributed by atoms with Crippen LogP contribution in [0, 0.1) is 0 Å². The second kappa shape index (κ2) is 9.18. The van der Waals surface area contributed by atoms with Gasteiger partial charge in [0.1, 0.15) is 0 Å². The molecular formula is C24H26N2O5S. The van der Waals surface area contributed by atoms with Crippen molar-refractivity contribution in [1.29, 1.82) is 0 Å². The summed E-state index contributed by atoms with van der Waals surface area (Å²) in [4.78, 5) is 14.9. The van der Waals surface area contributed by atoms with E-state index in [9.17, 15) is 13.2 Å². The molecule has 168 valence electrons. The molecule has 0 aromatic heterocycles. The van der Waals surface area contributed by atoms with Gasteiger partial charge in [0.25, 0.3) is 5.91 Å². The second-order valence-corrected chi connectivity index (χ2v) is 9.44. The Hall–Kier alpha value is -3.10. The van der Waals surface area contributed by atoms with Gasteiger partial charge in [-0.25, -0.2) is 8.42 Å². The highest BCUT2D eigenvalue weighted by Crippen LogP contribution is 2.29. The highest BCUT2D eigenvalue weighted by atomic mass is 32.2. The highest BCUT2D eigenvalue weighted by Gasteiger charge is 2.30. The topological polar surface area (TPSA) is 76.2 Å². The number of piperazine rings is 1. The first-order valence-electron chi connectivity index (χ1n) is 10.5. The first-order valence-corrected chi connectivity index (χ1v) is 12.0. The molecule has 8 heteroatoms. The summed E-state index contributed by atoms with van der Waals surface area (Å²) in [5, 5.41) is 1.87. The molecule has 1 amide bonds. The molecule has 32 heavy (non-hydrogen) atoms. The predicted molar refractivity (Wildman–Crippen MR) is 123 cm³/mol. The lowest BCUT2D eigenvalue weighted by Gasteiger charge is -2.34. The van der Waals surface area contributed by atoms with Crippen LogP contribution in [0.25, 0.3) is 10.8 Å². The van der Waals surface area contributed by atoms with E-state index in [0.29, 0.717) is 36.8 Å². The van der Waals surface area contributed by atoms with Gasteiger partial charge in [-0.3, -0.25) is 4.79 Å². The van der Waals surface area contributed by atoms with Gasteiger partial charge in [-0.15, -0.1) is 0 Å². The number of hydrogen-bond acceptors (Lipinski definition) is 5. The maximum atomic E-state index is 13.2. The number of carbonyl (C=O) groups is 1. The van der Waals surface area contributed by atoms with Crippen LogP contribution in [0.2, 0.25) is 0 Å². The van der Waals surface area contributed by atoms with Crippen molar-refractivity contribution in [3.63, 3.8) is 0 Å². The minimum atomic E-state index is -3.63. The Bertz CT molecular complexity index is 1230. The van der Waals surface area contributed by atoms with Gasteiger partial charge in [0.05, 0.1) is 18.6 Å². The molecule has 3 aromatic carbocycles. The molecule has 1 heterocycles. The fraction of sp³-hybridized carbons (Fsp3) is 0.292. The second-order valence-electron chi connectivity index (χ2n) is 7.50. The Morgan fingerprint density at radius 1 is 0.906 bits per heavy atom. The Morgan fingerprint density at radius 2 is 1.62 bits per heavy atom. The molecule has 1 saturated heterocycles. The third-order valence-electron chi connectivity index (χ3n) is 5.59. The van der Waals surface area contributed by atoms with Crippen LogP contribution >= 0.6 is 0 Å². The normalized spacial score (nSPS) is 15.0. The number of hydrogen-bond donors (Lipinski definition) is 0. The van der Waals surface area contributed by atoms with E-state index in [-0.39, 0.29) is 23.9 Å². The van der Waals surface area contributed by atoms with Gasteiger partial charge in [-0.05, 0) is 48.0 Å². The molecular weight excluding hydrogens is 428 g/mol. The molecule has 0 spiro atoms. The molecule has 0 atom stereocenters. The van der Waals surface area contributed by atoms with Gasteiger partial charge in [0.15, 0.2) is 11.5 Å². The molecule has 7 nitrogen and oxygen atoms in total. The fourth-order valence-corrected chi connectivity index (χ4v) is 5.33. The molecule has 0 saturated carbocycles. The van der Waals surface area contributed by atoms with Crippen molar-refractivity contribution in [3.05, 3.63) is 66.2 Å². The van der Waals surface area contributed by atoms with Crippen LogP contribution in [0.15, 0.2) is 65.6 Å². The van der Waals surface area contributed by atoms with Crippen molar-refractivity contribution in [2.24, 2.45) is 0 Å². The number of fused-ring (bicyclic) bond motifs is 1. The Morgan fingerprint density at radius 3 is 2.31 bits per heavy atom. The van der Waals surface area contributed by atoms with Crippen LogP contribution in [0.5, 0.6) is 11.5 Å². The third-order valence-corrected chi connectivity index (χ3v) is 7.49. The quantitative estimate of drug-likeness (QED) is 0.571.